The smallest absolute Gasteiger partial charge is 0.753 e. The summed E-state index contributed by atoms with van der Waals surface area (Å²) in [6.07, 6.45) is -1.02. The molecule has 11 heteroatoms. The molecule has 0 saturated heterocycles. The molecule has 10 N–H and O–H groups in total. The average Bonchev–Trinajstić information content (AvgIpc) is 2.39. The van der Waals surface area contributed by atoms with Gasteiger partial charge < -0.3 is 44.0 Å². The van der Waals surface area contributed by atoms with Crippen molar-refractivity contribution in [1.82, 2.24) is 0 Å². The van der Waals surface area contributed by atoms with Gasteiger partial charge >= 0.3 is 16.5 Å². The minimum Gasteiger partial charge on any atom is -0.753 e. The molecular formula is C8H20N6NiO2S2. The Labute approximate surface area is 133 Å². The van der Waals surface area contributed by atoms with Gasteiger partial charge in [0, 0.05) is 26.2 Å². The van der Waals surface area contributed by atoms with Crippen molar-refractivity contribution in [1.29, 1.82) is 0 Å². The number of rotatable bonds is 4. The molecule has 0 aromatic heterocycles. The van der Waals surface area contributed by atoms with Gasteiger partial charge in [0.2, 0.25) is 0 Å². The van der Waals surface area contributed by atoms with Gasteiger partial charge in [0.1, 0.15) is 0 Å². The van der Waals surface area contributed by atoms with E-state index in [0.29, 0.717) is 0 Å². The van der Waals surface area contributed by atoms with Crippen LogP contribution in [0.3, 0.4) is 0 Å². The van der Waals surface area contributed by atoms with Crippen molar-refractivity contribution in [3.8, 4) is 0 Å². The molecule has 19 heavy (non-hydrogen) atoms. The number of nitrogens with zero attached hydrogens (tertiary/aromatic N) is 2. The van der Waals surface area contributed by atoms with E-state index >= 15 is 0 Å². The molecular weight excluding hydrogens is 335 g/mol. The zero-order valence-electron chi connectivity index (χ0n) is 10.2. The molecule has 0 rings (SSSR count). The average molecular weight is 355 g/mol. The first-order valence-electron chi connectivity index (χ1n) is 4.64. The van der Waals surface area contributed by atoms with Crippen LogP contribution in [-0.2, 0) is 16.5 Å². The van der Waals surface area contributed by atoms with Gasteiger partial charge in [-0.3, -0.25) is 0 Å². The van der Waals surface area contributed by atoms with Crippen LogP contribution in [0.25, 0.3) is 10.8 Å². The molecule has 8 nitrogen and oxygen atoms in total. The van der Waals surface area contributed by atoms with E-state index in [2.05, 4.69) is 24.4 Å². The standard InChI is InChI=1S/2C3H10N2O.2CNS.Ni/c2*4-1-3(6)2-5;2*2-1-3;/h2*3,6H,1-2,4-5H2;;;/q;;2*-1;+2. The summed E-state index contributed by atoms with van der Waals surface area (Å²) in [6.45, 7) is 1.04. The third kappa shape index (κ3) is 72.8. The van der Waals surface area contributed by atoms with Crippen LogP contribution in [-0.4, -0.2) is 58.9 Å². The van der Waals surface area contributed by atoms with Crippen molar-refractivity contribution in [3.63, 3.8) is 0 Å². The summed E-state index contributed by atoms with van der Waals surface area (Å²) in [5, 5.41) is 33.8. The molecule has 0 spiro atoms. The van der Waals surface area contributed by atoms with E-state index in [-0.39, 0.29) is 42.7 Å². The van der Waals surface area contributed by atoms with E-state index in [4.69, 9.17) is 44.0 Å². The fourth-order valence-corrected chi connectivity index (χ4v) is 0.192. The summed E-state index contributed by atoms with van der Waals surface area (Å²) in [7, 11) is 0. The number of aliphatic hydroxyl groups is 2. The van der Waals surface area contributed by atoms with E-state index in [1.807, 2.05) is 0 Å². The van der Waals surface area contributed by atoms with Gasteiger partial charge in [-0.1, -0.05) is 24.4 Å². The Hall–Kier alpha value is -0.146. The van der Waals surface area contributed by atoms with E-state index in [0.717, 1.165) is 0 Å². The Bertz CT molecular complexity index is 183. The molecule has 0 saturated carbocycles. The number of thiocarbonyl (C=S) groups is 2. The fraction of sp³-hybridized carbons (Fsp3) is 0.750. The molecule has 0 aromatic rings. The SMILES string of the molecule is NCC(O)CN.NCC(O)CN.[N-]=C=S.[N-]=C=S.[Ni+2]. The monoisotopic (exact) mass is 354 g/mol. The Morgan fingerprint density at radius 1 is 0.789 bits per heavy atom. The fourth-order valence-electron chi connectivity index (χ4n) is 0.192. The summed E-state index contributed by atoms with van der Waals surface area (Å²) in [5.74, 6) is 0. The first kappa shape index (κ1) is 31.3. The summed E-state index contributed by atoms with van der Waals surface area (Å²) in [6, 6.07) is 0. The largest absolute Gasteiger partial charge is 2.00 e. The summed E-state index contributed by atoms with van der Waals surface area (Å²) >= 11 is 7.40. The predicted molar refractivity (Wildman–Crippen MR) is 80.1 cm³/mol. The topological polar surface area (TPSA) is 189 Å². The van der Waals surface area contributed by atoms with Gasteiger partial charge in [-0.05, 0) is 0 Å². The van der Waals surface area contributed by atoms with Gasteiger partial charge in [0.05, 0.1) is 12.2 Å². The Morgan fingerprint density at radius 3 is 0.895 bits per heavy atom. The zero-order valence-corrected chi connectivity index (χ0v) is 12.8. The van der Waals surface area contributed by atoms with Crippen molar-refractivity contribution >= 4 is 34.8 Å². The summed E-state index contributed by atoms with van der Waals surface area (Å²) in [5.41, 5.74) is 19.8. The molecule has 0 aliphatic rings. The van der Waals surface area contributed by atoms with Crippen LogP contribution < -0.4 is 22.9 Å². The van der Waals surface area contributed by atoms with Crippen molar-refractivity contribution in [2.24, 2.45) is 22.9 Å². The van der Waals surface area contributed by atoms with E-state index in [9.17, 15) is 0 Å². The third-order valence-corrected chi connectivity index (χ3v) is 1.09. The Kier molecular flexibility index (Phi) is 59.5. The predicted octanol–water partition coefficient (Wildman–Crippen LogP) is -2.16. The number of isothiocyanates is 2. The van der Waals surface area contributed by atoms with Crippen LogP contribution in [0.2, 0.25) is 0 Å². The minimum absolute atomic E-state index is 0. The molecule has 0 aliphatic carbocycles. The van der Waals surface area contributed by atoms with Crippen LogP contribution in [0.5, 0.6) is 0 Å². The zero-order chi connectivity index (χ0) is 15.4. The van der Waals surface area contributed by atoms with Crippen molar-refractivity contribution in [2.75, 3.05) is 26.2 Å². The van der Waals surface area contributed by atoms with Crippen molar-refractivity contribution in [2.45, 2.75) is 12.2 Å². The molecule has 0 bridgehead atoms. The van der Waals surface area contributed by atoms with E-state index in [1.165, 1.54) is 10.3 Å². The van der Waals surface area contributed by atoms with Crippen LogP contribution in [0.15, 0.2) is 0 Å². The van der Waals surface area contributed by atoms with Crippen molar-refractivity contribution in [3.05, 3.63) is 10.8 Å². The minimum atomic E-state index is -0.509. The molecule has 0 radical (unpaired) electrons. The van der Waals surface area contributed by atoms with Gasteiger partial charge in [0.25, 0.3) is 0 Å². The van der Waals surface area contributed by atoms with Crippen LogP contribution in [0.1, 0.15) is 0 Å². The molecule has 0 amide bonds. The molecule has 0 fully saturated rings. The Balaban J connectivity index is -0.0000000476. The molecule has 0 atom stereocenters. The van der Waals surface area contributed by atoms with Crippen molar-refractivity contribution < 1.29 is 26.7 Å². The number of hydrogen-bond donors (Lipinski definition) is 6. The second-order valence-electron chi connectivity index (χ2n) is 2.43. The van der Waals surface area contributed by atoms with E-state index in [1.54, 1.807) is 0 Å². The quantitative estimate of drug-likeness (QED) is 0.187. The Morgan fingerprint density at radius 2 is 0.895 bits per heavy atom. The van der Waals surface area contributed by atoms with Crippen LogP contribution >= 0.6 is 24.4 Å². The normalized spacial score (nSPS) is 7.16. The van der Waals surface area contributed by atoms with E-state index < -0.39 is 12.2 Å². The maximum atomic E-state index is 8.42. The number of aliphatic hydroxyl groups excluding tert-OH is 2. The maximum Gasteiger partial charge on any atom is 2.00 e. The van der Waals surface area contributed by atoms with Gasteiger partial charge in [-0.25, -0.2) is 0 Å². The summed E-state index contributed by atoms with van der Waals surface area (Å²) in [4.78, 5) is 0. The third-order valence-electron chi connectivity index (χ3n) is 1.09. The second-order valence-corrected chi connectivity index (χ2v) is 2.80. The molecule has 0 heterocycles. The first-order valence-corrected chi connectivity index (χ1v) is 5.45. The van der Waals surface area contributed by atoms with Crippen LogP contribution in [0.4, 0.5) is 0 Å². The maximum absolute atomic E-state index is 8.42. The van der Waals surface area contributed by atoms with Gasteiger partial charge in [-0.2, -0.15) is 10.3 Å². The molecule has 0 aromatic carbocycles. The second kappa shape index (κ2) is 36.1. The molecule has 0 unspecified atom stereocenters. The summed E-state index contributed by atoms with van der Waals surface area (Å²) < 4.78 is 0. The number of nitrogens with two attached hydrogens (primary N) is 4. The first-order chi connectivity index (χ1) is 8.44. The van der Waals surface area contributed by atoms with Gasteiger partial charge in [-0.15, -0.1) is 0 Å². The number of hydrogen-bond acceptors (Lipinski definition) is 8. The molecule has 0 aliphatic heterocycles. The molecule has 116 valence electrons. The van der Waals surface area contributed by atoms with Gasteiger partial charge in [0.15, 0.2) is 0 Å². The van der Waals surface area contributed by atoms with Crippen LogP contribution in [0, 0.1) is 0 Å².